The summed E-state index contributed by atoms with van der Waals surface area (Å²) >= 11 is 0. The van der Waals surface area contributed by atoms with Crippen LogP contribution in [0.1, 0.15) is 13.3 Å². The van der Waals surface area contributed by atoms with Crippen LogP contribution in [0.15, 0.2) is 4.99 Å². The van der Waals surface area contributed by atoms with Gasteiger partial charge in [-0.25, -0.2) is 10.4 Å². The molecule has 0 fully saturated rings. The molecule has 2 atom stereocenters. The van der Waals surface area contributed by atoms with Crippen molar-refractivity contribution >= 4 is 6.01 Å². The molecule has 0 aliphatic heterocycles. The molecule has 0 aromatic heterocycles. The predicted octanol–water partition coefficient (Wildman–Crippen LogP) is 0.325. The molecule has 0 spiro atoms. The van der Waals surface area contributed by atoms with Crippen LogP contribution in [0, 0.1) is 5.41 Å². The Bertz CT molecular complexity index is 151. The van der Waals surface area contributed by atoms with Gasteiger partial charge in [0.2, 0.25) is 0 Å². The first-order valence-electron chi connectivity index (χ1n) is 4.23. The van der Waals surface area contributed by atoms with E-state index in [0.717, 1.165) is 13.0 Å². The second-order valence-corrected chi connectivity index (χ2v) is 2.67. The van der Waals surface area contributed by atoms with E-state index in [-0.39, 0.29) is 12.1 Å². The Hall–Kier alpha value is -0.700. The van der Waals surface area contributed by atoms with Crippen LogP contribution in [0.5, 0.6) is 0 Å². The van der Waals surface area contributed by atoms with Gasteiger partial charge in [-0.1, -0.05) is 6.92 Å². The molecule has 4 nitrogen and oxygen atoms in total. The lowest BCUT2D eigenvalue weighted by Gasteiger charge is -2.20. The molecule has 2 unspecified atom stereocenters. The van der Waals surface area contributed by atoms with Gasteiger partial charge in [-0.3, -0.25) is 0 Å². The Kier molecular flexibility index (Phi) is 6.57. The first-order valence-corrected chi connectivity index (χ1v) is 4.23. The van der Waals surface area contributed by atoms with E-state index in [4.69, 9.17) is 5.41 Å². The average molecular weight is 170 g/mol. The van der Waals surface area contributed by atoms with Gasteiger partial charge in [-0.2, -0.15) is 0 Å². The maximum atomic E-state index is 6.77. The Labute approximate surface area is 74.0 Å². The summed E-state index contributed by atoms with van der Waals surface area (Å²) in [5.74, 6) is 0. The van der Waals surface area contributed by atoms with E-state index in [0.29, 0.717) is 0 Å². The number of nitrogens with zero attached hydrogens (tertiary/aromatic N) is 1. The van der Waals surface area contributed by atoms with Crippen LogP contribution in [0.4, 0.5) is 0 Å². The van der Waals surface area contributed by atoms with Gasteiger partial charge in [-0.05, 0) is 20.5 Å². The van der Waals surface area contributed by atoms with E-state index >= 15 is 0 Å². The van der Waals surface area contributed by atoms with Gasteiger partial charge in [0.05, 0.1) is 12.1 Å². The van der Waals surface area contributed by atoms with Crippen LogP contribution in [0.3, 0.4) is 0 Å². The standard InChI is InChI=1S/C8H18N4/c1-4-7(12-6-9)8(11-3)5-10-2/h7-11H,4-5H2,1-3H3. The van der Waals surface area contributed by atoms with Crippen LogP contribution >= 0.6 is 0 Å². The van der Waals surface area contributed by atoms with Crippen molar-refractivity contribution in [1.29, 1.82) is 5.41 Å². The molecule has 12 heavy (non-hydrogen) atoms. The SMILES string of the molecule is CCC(N=C=N)C(CNC)NC. The first kappa shape index (κ1) is 11.3. The molecule has 0 radical (unpaired) electrons. The maximum Gasteiger partial charge on any atom is 0.0865 e. The molecule has 0 rings (SSSR count). The minimum Gasteiger partial charge on any atom is -0.318 e. The van der Waals surface area contributed by atoms with Crippen LogP contribution < -0.4 is 10.6 Å². The largest absolute Gasteiger partial charge is 0.318 e. The molecule has 0 bridgehead atoms. The quantitative estimate of drug-likeness (QED) is 0.503. The van der Waals surface area contributed by atoms with Crippen molar-refractivity contribution in [3.05, 3.63) is 0 Å². The third kappa shape index (κ3) is 3.62. The van der Waals surface area contributed by atoms with Gasteiger partial charge in [0, 0.05) is 12.6 Å². The van der Waals surface area contributed by atoms with Crippen molar-refractivity contribution in [2.75, 3.05) is 20.6 Å². The van der Waals surface area contributed by atoms with Gasteiger partial charge < -0.3 is 10.6 Å². The van der Waals surface area contributed by atoms with E-state index in [1.807, 2.05) is 14.1 Å². The molecule has 4 heteroatoms. The molecule has 70 valence electrons. The fourth-order valence-electron chi connectivity index (χ4n) is 1.20. The molecule has 0 amide bonds. The maximum absolute atomic E-state index is 6.77. The molecular formula is C8H18N4. The number of hydrogen-bond acceptors (Lipinski definition) is 4. The molecule has 0 aliphatic rings. The van der Waals surface area contributed by atoms with E-state index in [1.165, 1.54) is 0 Å². The van der Waals surface area contributed by atoms with E-state index in [9.17, 15) is 0 Å². The third-order valence-electron chi connectivity index (χ3n) is 1.91. The number of nitrogens with one attached hydrogen (secondary N) is 3. The van der Waals surface area contributed by atoms with Gasteiger partial charge in [0.1, 0.15) is 0 Å². The fraction of sp³-hybridized carbons (Fsp3) is 0.875. The molecule has 0 saturated heterocycles. The smallest absolute Gasteiger partial charge is 0.0865 e. The topological polar surface area (TPSA) is 60.3 Å². The summed E-state index contributed by atoms with van der Waals surface area (Å²) in [4.78, 5) is 3.95. The summed E-state index contributed by atoms with van der Waals surface area (Å²) in [5.41, 5.74) is 0. The Morgan fingerprint density at radius 1 is 1.50 bits per heavy atom. The van der Waals surface area contributed by atoms with Crippen LogP contribution in [0.25, 0.3) is 0 Å². The zero-order chi connectivity index (χ0) is 9.40. The predicted molar refractivity (Wildman–Crippen MR) is 51.0 cm³/mol. The van der Waals surface area contributed by atoms with Crippen molar-refractivity contribution in [3.8, 4) is 0 Å². The number of aliphatic imine (C=N–C) groups is 1. The van der Waals surface area contributed by atoms with Crippen molar-refractivity contribution in [2.24, 2.45) is 4.99 Å². The Balaban J connectivity index is 4.11. The summed E-state index contributed by atoms with van der Waals surface area (Å²) in [6.45, 7) is 2.92. The molecular weight excluding hydrogens is 152 g/mol. The van der Waals surface area contributed by atoms with Gasteiger partial charge in [0.25, 0.3) is 0 Å². The zero-order valence-corrected chi connectivity index (χ0v) is 8.02. The van der Waals surface area contributed by atoms with Crippen LogP contribution in [-0.4, -0.2) is 38.7 Å². The Morgan fingerprint density at radius 2 is 2.17 bits per heavy atom. The second-order valence-electron chi connectivity index (χ2n) is 2.67. The van der Waals surface area contributed by atoms with E-state index in [2.05, 4.69) is 28.6 Å². The lowest BCUT2D eigenvalue weighted by atomic mass is 10.1. The van der Waals surface area contributed by atoms with Crippen molar-refractivity contribution in [2.45, 2.75) is 25.4 Å². The lowest BCUT2D eigenvalue weighted by Crippen LogP contribution is -2.43. The average Bonchev–Trinajstić information content (AvgIpc) is 2.11. The lowest BCUT2D eigenvalue weighted by molar-refractivity contribution is 0.437. The van der Waals surface area contributed by atoms with Crippen molar-refractivity contribution in [1.82, 2.24) is 10.6 Å². The van der Waals surface area contributed by atoms with Crippen molar-refractivity contribution < 1.29 is 0 Å². The number of rotatable bonds is 6. The highest BCUT2D eigenvalue weighted by Crippen LogP contribution is 2.01. The van der Waals surface area contributed by atoms with Crippen molar-refractivity contribution in [3.63, 3.8) is 0 Å². The highest BCUT2D eigenvalue weighted by atomic mass is 15.0. The van der Waals surface area contributed by atoms with Gasteiger partial charge in [0.15, 0.2) is 0 Å². The summed E-state index contributed by atoms with van der Waals surface area (Å²) in [6.07, 6.45) is 0.930. The van der Waals surface area contributed by atoms with Gasteiger partial charge >= 0.3 is 0 Å². The highest BCUT2D eigenvalue weighted by molar-refractivity contribution is 5.36. The van der Waals surface area contributed by atoms with Crippen LogP contribution in [0.2, 0.25) is 0 Å². The third-order valence-corrected chi connectivity index (χ3v) is 1.91. The molecule has 0 aliphatic carbocycles. The number of likely N-dealkylation sites (N-methyl/N-ethyl adjacent to an activating group) is 2. The fourth-order valence-corrected chi connectivity index (χ4v) is 1.20. The first-order chi connectivity index (χ1) is 5.79. The molecule has 0 aromatic carbocycles. The zero-order valence-electron chi connectivity index (χ0n) is 8.02. The summed E-state index contributed by atoms with van der Waals surface area (Å²) in [6, 6.07) is 2.54. The van der Waals surface area contributed by atoms with Gasteiger partial charge in [-0.15, -0.1) is 0 Å². The van der Waals surface area contributed by atoms with E-state index in [1.54, 1.807) is 0 Å². The molecule has 0 saturated carbocycles. The minimum atomic E-state index is 0.153. The van der Waals surface area contributed by atoms with E-state index < -0.39 is 0 Å². The molecule has 0 heterocycles. The normalized spacial score (nSPS) is 14.9. The summed E-state index contributed by atoms with van der Waals surface area (Å²) in [7, 11) is 3.81. The monoisotopic (exact) mass is 170 g/mol. The summed E-state index contributed by atoms with van der Waals surface area (Å²) in [5, 5.41) is 13.0. The molecule has 3 N–H and O–H groups in total. The number of hydrogen-bond donors (Lipinski definition) is 3. The Morgan fingerprint density at radius 3 is 2.50 bits per heavy atom. The molecule has 0 aromatic rings. The highest BCUT2D eigenvalue weighted by Gasteiger charge is 2.15. The minimum absolute atomic E-state index is 0.153. The van der Waals surface area contributed by atoms with Crippen LogP contribution in [-0.2, 0) is 0 Å². The summed E-state index contributed by atoms with van der Waals surface area (Å²) < 4.78 is 0. The second kappa shape index (κ2) is 6.98.